The van der Waals surface area contributed by atoms with Crippen molar-refractivity contribution in [1.29, 1.82) is 0 Å². The minimum Gasteiger partial charge on any atom is -0.409 e. The number of hydrogen-bond donors (Lipinski definition) is 3. The molecule has 0 amide bonds. The molecule has 0 radical (unpaired) electrons. The molecule has 14 heavy (non-hydrogen) atoms. The van der Waals surface area contributed by atoms with Crippen LogP contribution in [-0.2, 0) is 0 Å². The maximum atomic E-state index is 8.29. The summed E-state index contributed by atoms with van der Waals surface area (Å²) in [5.74, 6) is 1.21. The van der Waals surface area contributed by atoms with E-state index < -0.39 is 0 Å². The van der Waals surface area contributed by atoms with Gasteiger partial charge in [0.25, 0.3) is 0 Å². The second-order valence-corrected chi connectivity index (χ2v) is 4.06. The molecule has 0 unspecified atom stereocenters. The molecular formula is C10H21N3O. The first-order chi connectivity index (χ1) is 6.83. The van der Waals surface area contributed by atoms with Crippen LogP contribution >= 0.6 is 0 Å². The van der Waals surface area contributed by atoms with E-state index in [2.05, 4.69) is 10.5 Å². The van der Waals surface area contributed by atoms with Crippen molar-refractivity contribution in [3.05, 3.63) is 0 Å². The van der Waals surface area contributed by atoms with Gasteiger partial charge in [-0.15, -0.1) is 0 Å². The van der Waals surface area contributed by atoms with Gasteiger partial charge in [0.15, 0.2) is 5.84 Å². The monoisotopic (exact) mass is 199 g/mol. The largest absolute Gasteiger partial charge is 0.409 e. The summed E-state index contributed by atoms with van der Waals surface area (Å²) in [5, 5.41) is 14.3. The minimum absolute atomic E-state index is 0.255. The van der Waals surface area contributed by atoms with Crippen molar-refractivity contribution in [2.45, 2.75) is 38.5 Å². The molecule has 0 atom stereocenters. The molecule has 1 aliphatic rings. The van der Waals surface area contributed by atoms with E-state index >= 15 is 0 Å². The van der Waals surface area contributed by atoms with E-state index in [4.69, 9.17) is 10.9 Å². The Morgan fingerprint density at radius 3 is 2.79 bits per heavy atom. The lowest BCUT2D eigenvalue weighted by molar-refractivity contribution is 0.317. The summed E-state index contributed by atoms with van der Waals surface area (Å²) in [6.07, 6.45) is 8.19. The van der Waals surface area contributed by atoms with Crippen molar-refractivity contribution >= 4 is 5.84 Å². The summed E-state index contributed by atoms with van der Waals surface area (Å²) in [4.78, 5) is 0. The quantitative estimate of drug-likeness (QED) is 0.198. The van der Waals surface area contributed by atoms with Gasteiger partial charge in [0, 0.05) is 0 Å². The zero-order chi connectivity index (χ0) is 10.2. The lowest BCUT2D eigenvalue weighted by atomic mass is 10.0. The van der Waals surface area contributed by atoms with Crippen molar-refractivity contribution in [3.63, 3.8) is 0 Å². The average molecular weight is 199 g/mol. The maximum Gasteiger partial charge on any atom is 0.153 e. The predicted molar refractivity (Wildman–Crippen MR) is 57.5 cm³/mol. The summed E-state index contributed by atoms with van der Waals surface area (Å²) in [6.45, 7) is 1.45. The van der Waals surface area contributed by atoms with Gasteiger partial charge in [-0.1, -0.05) is 30.8 Å². The molecule has 0 aromatic carbocycles. The first-order valence-electron chi connectivity index (χ1n) is 5.50. The standard InChI is InChI=1S/C10H21N3O/c11-10(13-14)8-12-7-3-6-9-4-1-2-5-9/h9,12,14H,1-8H2,(H2,11,13). The Labute approximate surface area is 85.6 Å². The highest BCUT2D eigenvalue weighted by atomic mass is 16.4. The smallest absolute Gasteiger partial charge is 0.153 e. The molecule has 0 saturated heterocycles. The molecule has 0 bridgehead atoms. The van der Waals surface area contributed by atoms with Crippen LogP contribution in [0.3, 0.4) is 0 Å². The number of rotatable bonds is 6. The number of nitrogens with one attached hydrogen (secondary N) is 1. The molecule has 4 heteroatoms. The third-order valence-corrected chi connectivity index (χ3v) is 2.88. The molecule has 0 aromatic rings. The molecule has 0 heterocycles. The van der Waals surface area contributed by atoms with Gasteiger partial charge >= 0.3 is 0 Å². The third kappa shape index (κ3) is 4.46. The van der Waals surface area contributed by atoms with Gasteiger partial charge in [-0.2, -0.15) is 0 Å². The number of oxime groups is 1. The Balaban J connectivity index is 1.89. The molecule has 0 aliphatic heterocycles. The fourth-order valence-corrected chi connectivity index (χ4v) is 2.07. The van der Waals surface area contributed by atoms with E-state index in [1.165, 1.54) is 38.5 Å². The van der Waals surface area contributed by atoms with Crippen molar-refractivity contribution in [2.75, 3.05) is 13.1 Å². The lowest BCUT2D eigenvalue weighted by Gasteiger charge is -2.08. The van der Waals surface area contributed by atoms with Crippen LogP contribution < -0.4 is 11.1 Å². The van der Waals surface area contributed by atoms with Crippen LogP contribution in [-0.4, -0.2) is 24.1 Å². The van der Waals surface area contributed by atoms with Crippen LogP contribution in [0.25, 0.3) is 0 Å². The van der Waals surface area contributed by atoms with Crippen molar-refractivity contribution in [1.82, 2.24) is 5.32 Å². The fraction of sp³-hybridized carbons (Fsp3) is 0.900. The fourth-order valence-electron chi connectivity index (χ4n) is 2.07. The zero-order valence-corrected chi connectivity index (χ0v) is 8.71. The zero-order valence-electron chi connectivity index (χ0n) is 8.71. The minimum atomic E-state index is 0.255. The van der Waals surface area contributed by atoms with Crippen LogP contribution in [0.2, 0.25) is 0 Å². The number of nitrogens with zero attached hydrogens (tertiary/aromatic N) is 1. The van der Waals surface area contributed by atoms with E-state index in [1.54, 1.807) is 0 Å². The highest BCUT2D eigenvalue weighted by Gasteiger charge is 2.13. The van der Waals surface area contributed by atoms with Gasteiger partial charge in [-0.3, -0.25) is 0 Å². The third-order valence-electron chi connectivity index (χ3n) is 2.88. The summed E-state index contributed by atoms with van der Waals surface area (Å²) in [7, 11) is 0. The molecule has 1 fully saturated rings. The number of amidine groups is 1. The van der Waals surface area contributed by atoms with E-state index in [0.717, 1.165) is 12.5 Å². The molecule has 4 nitrogen and oxygen atoms in total. The average Bonchev–Trinajstić information content (AvgIpc) is 2.69. The van der Waals surface area contributed by atoms with Crippen molar-refractivity contribution < 1.29 is 5.21 Å². The molecule has 1 saturated carbocycles. The van der Waals surface area contributed by atoms with E-state index in [9.17, 15) is 0 Å². The van der Waals surface area contributed by atoms with Crippen LogP contribution in [0.1, 0.15) is 38.5 Å². The van der Waals surface area contributed by atoms with Crippen LogP contribution in [0.4, 0.5) is 0 Å². The lowest BCUT2D eigenvalue weighted by Crippen LogP contribution is -2.29. The van der Waals surface area contributed by atoms with Crippen LogP contribution in [0, 0.1) is 5.92 Å². The van der Waals surface area contributed by atoms with Gasteiger partial charge in [-0.25, -0.2) is 0 Å². The highest BCUT2D eigenvalue weighted by Crippen LogP contribution is 2.28. The molecule has 0 aromatic heterocycles. The Hall–Kier alpha value is -0.770. The second-order valence-electron chi connectivity index (χ2n) is 4.06. The van der Waals surface area contributed by atoms with Crippen molar-refractivity contribution in [3.8, 4) is 0 Å². The van der Waals surface area contributed by atoms with Crippen LogP contribution in [0.5, 0.6) is 0 Å². The van der Waals surface area contributed by atoms with Crippen LogP contribution in [0.15, 0.2) is 5.16 Å². The van der Waals surface area contributed by atoms with Gasteiger partial charge in [0.2, 0.25) is 0 Å². The molecule has 1 aliphatic carbocycles. The van der Waals surface area contributed by atoms with E-state index in [1.807, 2.05) is 0 Å². The SMILES string of the molecule is NC(CNCCCC1CCCC1)=NO. The summed E-state index contributed by atoms with van der Waals surface area (Å²) in [5.41, 5.74) is 5.31. The van der Waals surface area contributed by atoms with Gasteiger partial charge in [-0.05, 0) is 25.3 Å². The Bertz CT molecular complexity index is 176. The second kappa shape index (κ2) is 6.65. The molecule has 0 spiro atoms. The van der Waals surface area contributed by atoms with Crippen molar-refractivity contribution in [2.24, 2.45) is 16.8 Å². The molecule has 82 valence electrons. The number of hydrogen-bond acceptors (Lipinski definition) is 3. The first-order valence-corrected chi connectivity index (χ1v) is 5.50. The van der Waals surface area contributed by atoms with Gasteiger partial charge < -0.3 is 16.3 Å². The Morgan fingerprint density at radius 1 is 1.43 bits per heavy atom. The maximum absolute atomic E-state index is 8.29. The molecule has 1 rings (SSSR count). The summed E-state index contributed by atoms with van der Waals surface area (Å²) >= 11 is 0. The highest BCUT2D eigenvalue weighted by molar-refractivity contribution is 5.81. The first kappa shape index (κ1) is 11.3. The normalized spacial score (nSPS) is 19.0. The van der Waals surface area contributed by atoms with E-state index in [-0.39, 0.29) is 5.84 Å². The molecule has 4 N–H and O–H groups in total. The Kier molecular flexibility index (Phi) is 5.37. The topological polar surface area (TPSA) is 70.6 Å². The molecular weight excluding hydrogens is 178 g/mol. The van der Waals surface area contributed by atoms with Gasteiger partial charge in [0.1, 0.15) is 0 Å². The van der Waals surface area contributed by atoms with Gasteiger partial charge in [0.05, 0.1) is 6.54 Å². The van der Waals surface area contributed by atoms with E-state index in [0.29, 0.717) is 6.54 Å². The Morgan fingerprint density at radius 2 is 2.14 bits per heavy atom. The summed E-state index contributed by atoms with van der Waals surface area (Å²) < 4.78 is 0. The predicted octanol–water partition coefficient (Wildman–Crippen LogP) is 1.29. The summed E-state index contributed by atoms with van der Waals surface area (Å²) in [6, 6.07) is 0. The number of nitrogens with two attached hydrogens (primary N) is 1.